The van der Waals surface area contributed by atoms with Gasteiger partial charge < -0.3 is 20.4 Å². The maximum Gasteiger partial charge on any atom is 0.308 e. The highest BCUT2D eigenvalue weighted by Crippen LogP contribution is 2.23. The highest BCUT2D eigenvalue weighted by molar-refractivity contribution is 5.97. The van der Waals surface area contributed by atoms with E-state index in [4.69, 9.17) is 5.11 Å². The van der Waals surface area contributed by atoms with E-state index in [-0.39, 0.29) is 42.6 Å². The molecule has 0 aromatic heterocycles. The molecule has 7 nitrogen and oxygen atoms in total. The fraction of sp³-hybridized carbons (Fsp3) is 0.471. The van der Waals surface area contributed by atoms with Crippen LogP contribution in [0.25, 0.3) is 0 Å². The fourth-order valence-electron chi connectivity index (χ4n) is 2.86. The summed E-state index contributed by atoms with van der Waals surface area (Å²) < 4.78 is 0. The van der Waals surface area contributed by atoms with Gasteiger partial charge >= 0.3 is 5.97 Å². The average Bonchev–Trinajstić information content (AvgIpc) is 2.89. The zero-order valence-electron chi connectivity index (χ0n) is 13.8. The van der Waals surface area contributed by atoms with E-state index in [9.17, 15) is 19.5 Å². The molecule has 0 saturated carbocycles. The maximum absolute atomic E-state index is 12.1. The van der Waals surface area contributed by atoms with Crippen LogP contribution in [0.4, 0.5) is 0 Å². The molecule has 7 heteroatoms. The third kappa shape index (κ3) is 4.04. The van der Waals surface area contributed by atoms with Gasteiger partial charge in [-0.2, -0.15) is 0 Å². The molecule has 2 amide bonds. The number of aromatic hydroxyl groups is 1. The minimum Gasteiger partial charge on any atom is -0.507 e. The number of aryl methyl sites for hydroxylation is 1. The molecule has 0 radical (unpaired) electrons. The quantitative estimate of drug-likeness (QED) is 0.745. The van der Waals surface area contributed by atoms with Gasteiger partial charge in [0.05, 0.1) is 11.5 Å². The summed E-state index contributed by atoms with van der Waals surface area (Å²) in [6.07, 6.45) is 0.0947. The van der Waals surface area contributed by atoms with Gasteiger partial charge in [-0.1, -0.05) is 13.0 Å². The second-order valence-corrected chi connectivity index (χ2v) is 6.25. The van der Waals surface area contributed by atoms with Crippen LogP contribution in [0.1, 0.15) is 29.3 Å². The van der Waals surface area contributed by atoms with Gasteiger partial charge in [0.1, 0.15) is 5.75 Å². The molecular weight excluding hydrogens is 312 g/mol. The highest BCUT2D eigenvalue weighted by atomic mass is 16.4. The van der Waals surface area contributed by atoms with Crippen LogP contribution < -0.4 is 5.32 Å². The Labute approximate surface area is 140 Å². The van der Waals surface area contributed by atoms with Crippen molar-refractivity contribution in [1.82, 2.24) is 10.2 Å². The summed E-state index contributed by atoms with van der Waals surface area (Å²) in [4.78, 5) is 36.7. The highest BCUT2D eigenvalue weighted by Gasteiger charge is 2.36. The van der Waals surface area contributed by atoms with Gasteiger partial charge in [-0.3, -0.25) is 14.4 Å². The Hall–Kier alpha value is -2.57. The van der Waals surface area contributed by atoms with Gasteiger partial charge in [0.15, 0.2) is 0 Å². The van der Waals surface area contributed by atoms with E-state index >= 15 is 0 Å². The van der Waals surface area contributed by atoms with Crippen LogP contribution in [-0.2, 0) is 9.59 Å². The van der Waals surface area contributed by atoms with Crippen LogP contribution in [-0.4, -0.2) is 52.5 Å². The van der Waals surface area contributed by atoms with Crippen molar-refractivity contribution in [2.45, 2.75) is 20.3 Å². The largest absolute Gasteiger partial charge is 0.507 e. The molecule has 1 aromatic carbocycles. The molecule has 1 aliphatic rings. The normalized spacial score (nSPS) is 20.0. The van der Waals surface area contributed by atoms with Crippen molar-refractivity contribution in [1.29, 1.82) is 0 Å². The molecule has 0 spiro atoms. The standard InChI is InChI=1S/C17H22N2O5/c1-10-3-4-12(14(20)7-10)16(22)18-6-5-15(21)19-8-11(2)13(9-19)17(23)24/h3-4,7,11,13,20H,5-6,8-9H2,1-2H3,(H,18,22)(H,23,24)/t11-,13-/m1/s1. The number of benzene rings is 1. The fourth-order valence-corrected chi connectivity index (χ4v) is 2.86. The van der Waals surface area contributed by atoms with Crippen LogP contribution in [0, 0.1) is 18.8 Å². The summed E-state index contributed by atoms with van der Waals surface area (Å²) in [6, 6.07) is 4.75. The Bertz CT molecular complexity index is 658. The molecule has 1 aliphatic heterocycles. The molecule has 2 atom stereocenters. The Morgan fingerprint density at radius 2 is 2.00 bits per heavy atom. The molecule has 0 bridgehead atoms. The number of phenolic OH excluding ortho intramolecular Hbond substituents is 1. The van der Waals surface area contributed by atoms with E-state index in [2.05, 4.69) is 5.32 Å². The minimum absolute atomic E-state index is 0.0782. The zero-order valence-corrected chi connectivity index (χ0v) is 13.8. The summed E-state index contributed by atoms with van der Waals surface area (Å²) in [5.41, 5.74) is 1.00. The molecule has 1 heterocycles. The summed E-state index contributed by atoms with van der Waals surface area (Å²) in [5, 5.41) is 21.4. The number of carboxylic acids is 1. The molecule has 1 fully saturated rings. The molecule has 1 aromatic rings. The molecule has 130 valence electrons. The van der Waals surface area contributed by atoms with Crippen LogP contribution in [0.5, 0.6) is 5.75 Å². The van der Waals surface area contributed by atoms with Crippen molar-refractivity contribution in [2.75, 3.05) is 19.6 Å². The number of rotatable bonds is 5. The van der Waals surface area contributed by atoms with E-state index in [1.165, 1.54) is 17.0 Å². The molecule has 24 heavy (non-hydrogen) atoms. The second kappa shape index (κ2) is 7.33. The van der Waals surface area contributed by atoms with Gasteiger partial charge in [-0.25, -0.2) is 0 Å². The van der Waals surface area contributed by atoms with Gasteiger partial charge in [-0.05, 0) is 30.5 Å². The van der Waals surface area contributed by atoms with Crippen LogP contribution in [0.3, 0.4) is 0 Å². The van der Waals surface area contributed by atoms with Crippen LogP contribution in [0.15, 0.2) is 18.2 Å². The molecule has 1 saturated heterocycles. The van der Waals surface area contributed by atoms with E-state index < -0.39 is 17.8 Å². The second-order valence-electron chi connectivity index (χ2n) is 6.25. The molecule has 0 aliphatic carbocycles. The number of hydrogen-bond donors (Lipinski definition) is 3. The predicted molar refractivity (Wildman–Crippen MR) is 86.7 cm³/mol. The van der Waals surface area contributed by atoms with Crippen LogP contribution >= 0.6 is 0 Å². The van der Waals surface area contributed by atoms with Crippen molar-refractivity contribution in [3.05, 3.63) is 29.3 Å². The summed E-state index contributed by atoms with van der Waals surface area (Å²) >= 11 is 0. The van der Waals surface area contributed by atoms with E-state index in [0.717, 1.165) is 5.56 Å². The predicted octanol–water partition coefficient (Wildman–Crippen LogP) is 1.000. The van der Waals surface area contributed by atoms with E-state index in [0.29, 0.717) is 6.54 Å². The third-order valence-corrected chi connectivity index (χ3v) is 4.30. The van der Waals surface area contributed by atoms with E-state index in [1.807, 2.05) is 13.8 Å². The first-order valence-electron chi connectivity index (χ1n) is 7.88. The first-order chi connectivity index (χ1) is 11.3. The lowest BCUT2D eigenvalue weighted by Gasteiger charge is -2.16. The summed E-state index contributed by atoms with van der Waals surface area (Å²) in [7, 11) is 0. The zero-order chi connectivity index (χ0) is 17.9. The monoisotopic (exact) mass is 334 g/mol. The van der Waals surface area contributed by atoms with Crippen molar-refractivity contribution >= 4 is 17.8 Å². The number of carbonyl (C=O) groups excluding carboxylic acids is 2. The topological polar surface area (TPSA) is 107 Å². The number of likely N-dealkylation sites (tertiary alicyclic amines) is 1. The van der Waals surface area contributed by atoms with Crippen molar-refractivity contribution in [3.63, 3.8) is 0 Å². The van der Waals surface area contributed by atoms with Crippen molar-refractivity contribution < 1.29 is 24.6 Å². The first-order valence-corrected chi connectivity index (χ1v) is 7.88. The number of amides is 2. The Kier molecular flexibility index (Phi) is 5.43. The van der Waals surface area contributed by atoms with Crippen molar-refractivity contribution in [3.8, 4) is 5.75 Å². The summed E-state index contributed by atoms with van der Waals surface area (Å²) in [6.45, 7) is 4.38. The number of carboxylic acid groups (broad SMARTS) is 1. The van der Waals surface area contributed by atoms with Gasteiger partial charge in [0.25, 0.3) is 5.91 Å². The van der Waals surface area contributed by atoms with Gasteiger partial charge in [-0.15, -0.1) is 0 Å². The minimum atomic E-state index is -0.888. The van der Waals surface area contributed by atoms with Crippen molar-refractivity contribution in [2.24, 2.45) is 11.8 Å². The third-order valence-electron chi connectivity index (χ3n) is 4.30. The molecule has 2 rings (SSSR count). The smallest absolute Gasteiger partial charge is 0.308 e. The summed E-state index contributed by atoms with van der Waals surface area (Å²) in [5.74, 6) is -2.23. The number of nitrogens with zero attached hydrogens (tertiary/aromatic N) is 1. The number of carbonyl (C=O) groups is 3. The van der Waals surface area contributed by atoms with Crippen LogP contribution in [0.2, 0.25) is 0 Å². The number of hydrogen-bond acceptors (Lipinski definition) is 4. The Balaban J connectivity index is 1.82. The number of nitrogens with one attached hydrogen (secondary N) is 1. The molecular formula is C17H22N2O5. The van der Waals surface area contributed by atoms with Gasteiger partial charge in [0.2, 0.25) is 5.91 Å². The molecule has 3 N–H and O–H groups in total. The molecule has 0 unspecified atom stereocenters. The SMILES string of the molecule is Cc1ccc(C(=O)NCCC(=O)N2C[C@@H](C)[C@H](C(=O)O)C2)c(O)c1. The van der Waals surface area contributed by atoms with Gasteiger partial charge in [0, 0.05) is 26.1 Å². The lowest BCUT2D eigenvalue weighted by atomic mass is 9.99. The Morgan fingerprint density at radius 3 is 2.58 bits per heavy atom. The number of aliphatic carboxylic acids is 1. The lowest BCUT2D eigenvalue weighted by Crippen LogP contribution is -2.33. The van der Waals surface area contributed by atoms with E-state index in [1.54, 1.807) is 6.07 Å². The lowest BCUT2D eigenvalue weighted by molar-refractivity contribution is -0.142. The Morgan fingerprint density at radius 1 is 1.29 bits per heavy atom. The first kappa shape index (κ1) is 17.8. The maximum atomic E-state index is 12.1. The number of phenols is 1. The average molecular weight is 334 g/mol.